The molecule has 0 N–H and O–H groups in total. The van der Waals surface area contributed by atoms with Crippen LogP contribution in [0.15, 0.2) is 65.7 Å². The summed E-state index contributed by atoms with van der Waals surface area (Å²) in [5.74, 6) is 1.11. The third-order valence-corrected chi connectivity index (χ3v) is 3.46. The Labute approximate surface area is 118 Å². The molecule has 0 spiro atoms. The molecule has 20 heavy (non-hydrogen) atoms. The fourth-order valence-corrected chi connectivity index (χ4v) is 2.39. The monoisotopic (exact) mass is 264 g/mol. The Balaban J connectivity index is 1.89. The molecule has 3 heteroatoms. The van der Waals surface area contributed by atoms with Gasteiger partial charge in [-0.3, -0.25) is 4.98 Å². The van der Waals surface area contributed by atoms with Crippen molar-refractivity contribution in [2.45, 2.75) is 19.3 Å². The molecule has 2 heterocycles. The molecule has 1 aromatic carbocycles. The van der Waals surface area contributed by atoms with E-state index in [1.165, 1.54) is 6.39 Å². The van der Waals surface area contributed by atoms with E-state index in [9.17, 15) is 0 Å². The lowest BCUT2D eigenvalue weighted by molar-refractivity contribution is 0.476. The zero-order chi connectivity index (χ0) is 13.8. The zero-order valence-corrected chi connectivity index (χ0v) is 11.4. The molecular weight excluding hydrogens is 248 g/mol. The lowest BCUT2D eigenvalue weighted by atomic mass is 9.95. The minimum atomic E-state index is 0.217. The Morgan fingerprint density at radius 1 is 1.05 bits per heavy atom. The van der Waals surface area contributed by atoms with Crippen LogP contribution in [-0.4, -0.2) is 9.97 Å². The highest BCUT2D eigenvalue weighted by molar-refractivity contribution is 5.58. The van der Waals surface area contributed by atoms with E-state index in [1.54, 1.807) is 6.20 Å². The average molecular weight is 264 g/mol. The second kappa shape index (κ2) is 5.70. The van der Waals surface area contributed by atoms with Crippen molar-refractivity contribution in [2.75, 3.05) is 0 Å². The Morgan fingerprint density at radius 3 is 2.50 bits per heavy atom. The van der Waals surface area contributed by atoms with E-state index < -0.39 is 0 Å². The van der Waals surface area contributed by atoms with Crippen LogP contribution >= 0.6 is 0 Å². The van der Waals surface area contributed by atoms with Gasteiger partial charge in [0.15, 0.2) is 6.39 Å². The van der Waals surface area contributed by atoms with Crippen LogP contribution in [0.5, 0.6) is 0 Å². The predicted octanol–water partition coefficient (Wildman–Crippen LogP) is 4.28. The van der Waals surface area contributed by atoms with E-state index in [4.69, 9.17) is 4.42 Å². The highest BCUT2D eigenvalue weighted by Crippen LogP contribution is 2.28. The molecule has 0 bridgehead atoms. The molecule has 0 radical (unpaired) electrons. The zero-order valence-electron chi connectivity index (χ0n) is 11.4. The summed E-state index contributed by atoms with van der Waals surface area (Å²) in [7, 11) is 0. The van der Waals surface area contributed by atoms with Crippen molar-refractivity contribution >= 4 is 0 Å². The minimum Gasteiger partial charge on any atom is -0.448 e. The molecule has 1 unspecified atom stereocenters. The van der Waals surface area contributed by atoms with Gasteiger partial charge in [-0.2, -0.15) is 0 Å². The summed E-state index contributed by atoms with van der Waals surface area (Å²) in [6.45, 7) is 2.14. The van der Waals surface area contributed by atoms with E-state index in [0.717, 1.165) is 29.0 Å². The van der Waals surface area contributed by atoms with Crippen LogP contribution < -0.4 is 0 Å². The van der Waals surface area contributed by atoms with Crippen molar-refractivity contribution in [1.82, 2.24) is 9.97 Å². The number of aromatic nitrogens is 2. The minimum absolute atomic E-state index is 0.217. The highest BCUT2D eigenvalue weighted by Gasteiger charge is 2.15. The molecule has 0 amide bonds. The largest absolute Gasteiger partial charge is 0.448 e. The van der Waals surface area contributed by atoms with Crippen molar-refractivity contribution in [3.63, 3.8) is 0 Å². The Bertz CT molecular complexity index is 645. The van der Waals surface area contributed by atoms with Gasteiger partial charge in [0.05, 0.1) is 11.9 Å². The van der Waals surface area contributed by atoms with Gasteiger partial charge in [0.1, 0.15) is 5.76 Å². The van der Waals surface area contributed by atoms with E-state index >= 15 is 0 Å². The third-order valence-electron chi connectivity index (χ3n) is 3.46. The van der Waals surface area contributed by atoms with Gasteiger partial charge in [-0.25, -0.2) is 4.98 Å². The molecule has 3 aromatic rings. The summed E-state index contributed by atoms with van der Waals surface area (Å²) in [6, 6.07) is 14.4. The topological polar surface area (TPSA) is 38.9 Å². The number of nitrogens with zero attached hydrogens (tertiary/aromatic N) is 2. The standard InChI is InChI=1S/C17H16N2O/c1-2-15(17-11-18-12-20-17)14-8-9-16(19-10-14)13-6-4-3-5-7-13/h3-12,15H,2H2,1H3. The Morgan fingerprint density at radius 2 is 1.90 bits per heavy atom. The van der Waals surface area contributed by atoms with E-state index in [2.05, 4.69) is 41.2 Å². The van der Waals surface area contributed by atoms with Gasteiger partial charge in [-0.15, -0.1) is 0 Å². The second-order valence-electron chi connectivity index (χ2n) is 4.71. The van der Waals surface area contributed by atoms with Crippen molar-refractivity contribution in [2.24, 2.45) is 0 Å². The quantitative estimate of drug-likeness (QED) is 0.706. The fourth-order valence-electron chi connectivity index (χ4n) is 2.39. The average Bonchev–Trinajstić information content (AvgIpc) is 3.04. The van der Waals surface area contributed by atoms with Crippen molar-refractivity contribution in [3.05, 3.63) is 72.6 Å². The summed E-state index contributed by atoms with van der Waals surface area (Å²) in [5, 5.41) is 0. The number of hydrogen-bond acceptors (Lipinski definition) is 3. The number of rotatable bonds is 4. The first kappa shape index (κ1) is 12.6. The van der Waals surface area contributed by atoms with Crippen LogP contribution in [0.4, 0.5) is 0 Å². The number of benzene rings is 1. The first-order chi connectivity index (χ1) is 9.88. The highest BCUT2D eigenvalue weighted by atomic mass is 16.3. The van der Waals surface area contributed by atoms with Crippen LogP contribution in [0.1, 0.15) is 30.6 Å². The molecular formula is C17H16N2O. The van der Waals surface area contributed by atoms with Gasteiger partial charge < -0.3 is 4.42 Å². The molecule has 3 nitrogen and oxygen atoms in total. The van der Waals surface area contributed by atoms with Crippen molar-refractivity contribution in [3.8, 4) is 11.3 Å². The maximum atomic E-state index is 5.42. The van der Waals surface area contributed by atoms with Crippen LogP contribution in [0.3, 0.4) is 0 Å². The number of oxazole rings is 1. The van der Waals surface area contributed by atoms with Gasteiger partial charge in [0, 0.05) is 17.7 Å². The first-order valence-corrected chi connectivity index (χ1v) is 6.78. The van der Waals surface area contributed by atoms with Crippen LogP contribution in [-0.2, 0) is 0 Å². The summed E-state index contributed by atoms with van der Waals surface area (Å²) >= 11 is 0. The molecule has 100 valence electrons. The smallest absolute Gasteiger partial charge is 0.180 e. The summed E-state index contributed by atoms with van der Waals surface area (Å²) in [5.41, 5.74) is 3.28. The van der Waals surface area contributed by atoms with Crippen LogP contribution in [0.2, 0.25) is 0 Å². The predicted molar refractivity (Wildman–Crippen MR) is 78.3 cm³/mol. The SMILES string of the molecule is CCC(c1ccc(-c2ccccc2)nc1)c1cnco1. The molecule has 2 aromatic heterocycles. The molecule has 0 saturated carbocycles. The fraction of sp³-hybridized carbons (Fsp3) is 0.176. The van der Waals surface area contributed by atoms with Gasteiger partial charge in [-0.1, -0.05) is 43.3 Å². The van der Waals surface area contributed by atoms with E-state index in [0.29, 0.717) is 0 Å². The molecule has 1 atom stereocenters. The Kier molecular flexibility index (Phi) is 3.59. The summed E-state index contributed by atoms with van der Waals surface area (Å²) in [4.78, 5) is 8.56. The van der Waals surface area contributed by atoms with Gasteiger partial charge >= 0.3 is 0 Å². The number of pyridine rings is 1. The maximum absolute atomic E-state index is 5.42. The molecule has 0 saturated heterocycles. The lowest BCUT2D eigenvalue weighted by Crippen LogP contribution is -1.99. The molecule has 0 fully saturated rings. The van der Waals surface area contributed by atoms with E-state index in [-0.39, 0.29) is 5.92 Å². The summed E-state index contributed by atoms with van der Waals surface area (Å²) < 4.78 is 5.42. The second-order valence-corrected chi connectivity index (χ2v) is 4.71. The van der Waals surface area contributed by atoms with Gasteiger partial charge in [0.2, 0.25) is 0 Å². The first-order valence-electron chi connectivity index (χ1n) is 6.78. The van der Waals surface area contributed by atoms with Crippen molar-refractivity contribution < 1.29 is 4.42 Å². The molecule has 0 aliphatic heterocycles. The molecule has 0 aliphatic carbocycles. The van der Waals surface area contributed by atoms with Gasteiger partial charge in [0.25, 0.3) is 0 Å². The van der Waals surface area contributed by atoms with Crippen LogP contribution in [0.25, 0.3) is 11.3 Å². The lowest BCUT2D eigenvalue weighted by Gasteiger charge is -2.12. The Hall–Kier alpha value is -2.42. The normalized spacial score (nSPS) is 12.2. The van der Waals surface area contributed by atoms with Crippen LogP contribution in [0, 0.1) is 0 Å². The molecule has 0 aliphatic rings. The molecule has 3 rings (SSSR count). The van der Waals surface area contributed by atoms with E-state index in [1.807, 2.05) is 24.4 Å². The maximum Gasteiger partial charge on any atom is 0.180 e. The van der Waals surface area contributed by atoms with Crippen molar-refractivity contribution in [1.29, 1.82) is 0 Å². The summed E-state index contributed by atoms with van der Waals surface area (Å²) in [6.07, 6.45) is 6.14. The third kappa shape index (κ3) is 2.48. The van der Waals surface area contributed by atoms with Gasteiger partial charge in [-0.05, 0) is 18.1 Å². The number of hydrogen-bond donors (Lipinski definition) is 0.